The van der Waals surface area contributed by atoms with Gasteiger partial charge in [0.25, 0.3) is 10.2 Å². The smallest absolute Gasteiger partial charge is 0.282 e. The molecule has 0 saturated carbocycles. The number of rotatable bonds is 5. The fourth-order valence-corrected chi connectivity index (χ4v) is 4.31. The first-order chi connectivity index (χ1) is 10.1. The molecule has 1 atom stereocenters. The van der Waals surface area contributed by atoms with E-state index < -0.39 is 10.2 Å². The Bertz CT molecular complexity index is 450. The van der Waals surface area contributed by atoms with Gasteiger partial charge >= 0.3 is 0 Å². The maximum atomic E-state index is 12.6. The van der Waals surface area contributed by atoms with E-state index in [1.807, 2.05) is 0 Å². The van der Waals surface area contributed by atoms with Gasteiger partial charge in [-0.15, -0.1) is 0 Å². The molecule has 3 N–H and O–H groups in total. The predicted molar refractivity (Wildman–Crippen MR) is 77.7 cm³/mol. The highest BCUT2D eigenvalue weighted by Crippen LogP contribution is 2.21. The highest BCUT2D eigenvalue weighted by atomic mass is 32.2. The fourth-order valence-electron chi connectivity index (χ4n) is 2.65. The molecular weight excluding hydrogens is 296 g/mol. The number of nitrogens with zero attached hydrogens (tertiary/aromatic N) is 2. The molecule has 2 saturated heterocycles. The largest absolute Gasteiger partial charge is 0.379 e. The maximum Gasteiger partial charge on any atom is 0.282 e. The fraction of sp³-hybridized carbons (Fsp3) is 0.917. The van der Waals surface area contributed by atoms with Gasteiger partial charge in [-0.1, -0.05) is 0 Å². The molecule has 0 aromatic rings. The standard InChI is InChI=1S/C12H24N4O4S/c13-3-4-14-12(17)11-2-1-5-16(10-11)21(18,19)15-6-8-20-9-7-15/h11H,1-10,13H2,(H,14,17). The molecule has 122 valence electrons. The molecule has 0 aliphatic carbocycles. The number of nitrogens with two attached hydrogens (primary N) is 1. The van der Waals surface area contributed by atoms with Gasteiger partial charge in [-0.2, -0.15) is 17.0 Å². The van der Waals surface area contributed by atoms with Gasteiger partial charge in [0.1, 0.15) is 0 Å². The van der Waals surface area contributed by atoms with Crippen molar-refractivity contribution in [2.75, 3.05) is 52.5 Å². The summed E-state index contributed by atoms with van der Waals surface area (Å²) in [5.74, 6) is -0.400. The summed E-state index contributed by atoms with van der Waals surface area (Å²) in [4.78, 5) is 12.0. The molecule has 1 amide bonds. The van der Waals surface area contributed by atoms with Crippen LogP contribution in [-0.2, 0) is 19.7 Å². The Morgan fingerprint density at radius 2 is 1.95 bits per heavy atom. The number of hydrogen-bond acceptors (Lipinski definition) is 5. The van der Waals surface area contributed by atoms with E-state index in [-0.39, 0.29) is 18.4 Å². The van der Waals surface area contributed by atoms with Crippen molar-refractivity contribution in [3.05, 3.63) is 0 Å². The average Bonchev–Trinajstić information content (AvgIpc) is 2.53. The third kappa shape index (κ3) is 4.13. The lowest BCUT2D eigenvalue weighted by molar-refractivity contribution is -0.126. The zero-order chi connectivity index (χ0) is 15.3. The van der Waals surface area contributed by atoms with Crippen molar-refractivity contribution < 1.29 is 17.9 Å². The van der Waals surface area contributed by atoms with Crippen LogP contribution in [0.1, 0.15) is 12.8 Å². The Kier molecular flexibility index (Phi) is 5.94. The molecule has 0 aromatic heterocycles. The van der Waals surface area contributed by atoms with E-state index in [4.69, 9.17) is 10.5 Å². The molecule has 2 rings (SSSR count). The first kappa shape index (κ1) is 16.6. The van der Waals surface area contributed by atoms with Gasteiger partial charge in [0.15, 0.2) is 0 Å². The van der Waals surface area contributed by atoms with E-state index >= 15 is 0 Å². The van der Waals surface area contributed by atoms with E-state index in [9.17, 15) is 13.2 Å². The van der Waals surface area contributed by atoms with E-state index in [1.54, 1.807) is 0 Å². The first-order valence-electron chi connectivity index (χ1n) is 7.36. The maximum absolute atomic E-state index is 12.6. The molecule has 2 aliphatic heterocycles. The van der Waals surface area contributed by atoms with Crippen molar-refractivity contribution in [2.45, 2.75) is 12.8 Å². The van der Waals surface area contributed by atoms with Crippen molar-refractivity contribution >= 4 is 16.1 Å². The molecule has 0 bridgehead atoms. The van der Waals surface area contributed by atoms with Gasteiger partial charge in [-0.25, -0.2) is 0 Å². The number of amides is 1. The van der Waals surface area contributed by atoms with Crippen LogP contribution in [-0.4, -0.2) is 75.4 Å². The zero-order valence-corrected chi connectivity index (χ0v) is 13.0. The van der Waals surface area contributed by atoms with Gasteiger partial charge in [0, 0.05) is 39.3 Å². The summed E-state index contributed by atoms with van der Waals surface area (Å²) in [6.45, 7) is 3.13. The van der Waals surface area contributed by atoms with Crippen molar-refractivity contribution in [2.24, 2.45) is 11.7 Å². The third-order valence-electron chi connectivity index (χ3n) is 3.82. The lowest BCUT2D eigenvalue weighted by Gasteiger charge is -2.36. The van der Waals surface area contributed by atoms with Crippen LogP contribution in [0.4, 0.5) is 0 Å². The summed E-state index contributed by atoms with van der Waals surface area (Å²) in [5, 5.41) is 2.73. The van der Waals surface area contributed by atoms with E-state index in [1.165, 1.54) is 8.61 Å². The lowest BCUT2D eigenvalue weighted by Crippen LogP contribution is -2.53. The molecule has 21 heavy (non-hydrogen) atoms. The van der Waals surface area contributed by atoms with E-state index in [0.717, 1.165) is 0 Å². The molecule has 0 spiro atoms. The summed E-state index contributed by atoms with van der Waals surface area (Å²) in [5.41, 5.74) is 5.36. The Labute approximate surface area is 125 Å². The molecular formula is C12H24N4O4S. The normalized spacial score (nSPS) is 25.7. The molecule has 0 radical (unpaired) electrons. The summed E-state index contributed by atoms with van der Waals surface area (Å²) in [6.07, 6.45) is 1.41. The van der Waals surface area contributed by atoms with Gasteiger partial charge in [-0.05, 0) is 12.8 Å². The quantitative estimate of drug-likeness (QED) is 0.631. The van der Waals surface area contributed by atoms with Crippen LogP contribution in [0.2, 0.25) is 0 Å². The van der Waals surface area contributed by atoms with Crippen LogP contribution in [0.5, 0.6) is 0 Å². The molecule has 2 heterocycles. The molecule has 8 nitrogen and oxygen atoms in total. The van der Waals surface area contributed by atoms with E-state index in [2.05, 4.69) is 5.32 Å². The second kappa shape index (κ2) is 7.50. The summed E-state index contributed by atoms with van der Waals surface area (Å²) in [7, 11) is -3.49. The molecule has 1 unspecified atom stereocenters. The summed E-state index contributed by atoms with van der Waals surface area (Å²) >= 11 is 0. The predicted octanol–water partition coefficient (Wildman–Crippen LogP) is -1.65. The number of nitrogens with one attached hydrogen (secondary N) is 1. The van der Waals surface area contributed by atoms with Crippen LogP contribution in [0.15, 0.2) is 0 Å². The molecule has 2 fully saturated rings. The number of hydrogen-bond donors (Lipinski definition) is 2. The van der Waals surface area contributed by atoms with Crippen molar-refractivity contribution in [3.63, 3.8) is 0 Å². The number of piperidine rings is 1. The van der Waals surface area contributed by atoms with Gasteiger partial charge < -0.3 is 15.8 Å². The lowest BCUT2D eigenvalue weighted by atomic mass is 9.99. The minimum Gasteiger partial charge on any atom is -0.379 e. The number of carbonyl (C=O) groups excluding carboxylic acids is 1. The Balaban J connectivity index is 1.97. The third-order valence-corrected chi connectivity index (χ3v) is 5.82. The first-order valence-corrected chi connectivity index (χ1v) is 8.76. The van der Waals surface area contributed by atoms with Gasteiger partial charge in [-0.3, -0.25) is 4.79 Å². The second-order valence-electron chi connectivity index (χ2n) is 5.30. The van der Waals surface area contributed by atoms with Crippen molar-refractivity contribution in [3.8, 4) is 0 Å². The summed E-state index contributed by atoms with van der Waals surface area (Å²) in [6, 6.07) is 0. The average molecular weight is 320 g/mol. The SMILES string of the molecule is NCCNC(=O)C1CCCN(S(=O)(=O)N2CCOCC2)C1. The zero-order valence-electron chi connectivity index (χ0n) is 12.2. The minimum absolute atomic E-state index is 0.109. The second-order valence-corrected chi connectivity index (χ2v) is 7.22. The minimum atomic E-state index is -3.49. The van der Waals surface area contributed by atoms with Crippen molar-refractivity contribution in [1.29, 1.82) is 0 Å². The van der Waals surface area contributed by atoms with Crippen LogP contribution >= 0.6 is 0 Å². The van der Waals surface area contributed by atoms with Crippen LogP contribution in [0, 0.1) is 5.92 Å². The Morgan fingerprint density at radius 1 is 1.24 bits per heavy atom. The van der Waals surface area contributed by atoms with Crippen LogP contribution in [0.3, 0.4) is 0 Å². The monoisotopic (exact) mass is 320 g/mol. The van der Waals surface area contributed by atoms with Crippen LogP contribution in [0.25, 0.3) is 0 Å². The topological polar surface area (TPSA) is 105 Å². The number of morpholine rings is 1. The number of carbonyl (C=O) groups is 1. The van der Waals surface area contributed by atoms with Gasteiger partial charge in [0.2, 0.25) is 5.91 Å². The van der Waals surface area contributed by atoms with E-state index in [0.29, 0.717) is 58.8 Å². The highest BCUT2D eigenvalue weighted by Gasteiger charge is 2.36. The molecule has 9 heteroatoms. The summed E-state index contributed by atoms with van der Waals surface area (Å²) < 4.78 is 33.2. The number of ether oxygens (including phenoxy) is 1. The van der Waals surface area contributed by atoms with Crippen molar-refractivity contribution in [1.82, 2.24) is 13.9 Å². The van der Waals surface area contributed by atoms with Crippen LogP contribution < -0.4 is 11.1 Å². The highest BCUT2D eigenvalue weighted by molar-refractivity contribution is 7.86. The Morgan fingerprint density at radius 3 is 2.62 bits per heavy atom. The Hall–Kier alpha value is -0.740. The molecule has 0 aromatic carbocycles. The van der Waals surface area contributed by atoms with Gasteiger partial charge in [0.05, 0.1) is 19.1 Å². The molecule has 2 aliphatic rings.